The van der Waals surface area contributed by atoms with Gasteiger partial charge in [-0.15, -0.1) is 0 Å². The van der Waals surface area contributed by atoms with Crippen molar-refractivity contribution in [1.29, 1.82) is 0 Å². The third-order valence-corrected chi connectivity index (χ3v) is 0.883. The summed E-state index contributed by atoms with van der Waals surface area (Å²) in [7, 11) is 0. The summed E-state index contributed by atoms with van der Waals surface area (Å²) in [6, 6.07) is 3.61. The van der Waals surface area contributed by atoms with Crippen LogP contribution >= 0.6 is 0 Å². The Kier molecular flexibility index (Phi) is 3.43. The van der Waals surface area contributed by atoms with Crippen LogP contribution in [-0.4, -0.2) is 20.2 Å². The first-order valence-corrected chi connectivity index (χ1v) is 3.14. The van der Waals surface area contributed by atoms with Crippen LogP contribution in [-0.2, 0) is 0 Å². The third kappa shape index (κ3) is 3.80. The van der Waals surface area contributed by atoms with Crippen LogP contribution in [0.5, 0.6) is 0 Å². The van der Waals surface area contributed by atoms with Crippen LogP contribution in [0, 0.1) is 0 Å². The summed E-state index contributed by atoms with van der Waals surface area (Å²) in [6.07, 6.45) is 8.33. The second kappa shape index (κ2) is 5.10. The maximum Gasteiger partial charge on any atom is 0.115 e. The highest BCUT2D eigenvalue weighted by Gasteiger charge is 1.59. The van der Waals surface area contributed by atoms with Crippen molar-refractivity contribution in [2.45, 2.75) is 0 Å². The van der Waals surface area contributed by atoms with Gasteiger partial charge in [-0.1, -0.05) is 0 Å². The van der Waals surface area contributed by atoms with Crippen LogP contribution < -0.4 is 0 Å². The third-order valence-electron chi connectivity index (χ3n) is 0.883. The number of hydrogen-bond acceptors (Lipinski definition) is 3. The van der Waals surface area contributed by atoms with E-state index in [9.17, 15) is 0 Å². The molecule has 0 spiro atoms. The molecule has 2 heterocycles. The van der Waals surface area contributed by atoms with Gasteiger partial charge >= 0.3 is 0 Å². The molecule has 11 heavy (non-hydrogen) atoms. The zero-order valence-corrected chi connectivity index (χ0v) is 5.88. The maximum atomic E-state index is 3.67. The molecule has 0 saturated carbocycles. The van der Waals surface area contributed by atoms with Gasteiger partial charge in [-0.25, -0.2) is 9.97 Å². The number of nitrogens with one attached hydrogen (secondary N) is 1. The van der Waals surface area contributed by atoms with Crippen LogP contribution in [0.15, 0.2) is 43.2 Å². The number of aromatic nitrogens is 4. The molecule has 2 aromatic heterocycles. The Labute approximate surface area is 64.3 Å². The minimum absolute atomic E-state index is 1.50. The molecule has 56 valence electrons. The van der Waals surface area contributed by atoms with E-state index in [1.165, 1.54) is 6.33 Å². The molecule has 0 aliphatic rings. The molecule has 1 N–H and O–H groups in total. The SMILES string of the molecule is c1cn[nH]c1.c1cncnc1. The van der Waals surface area contributed by atoms with E-state index in [2.05, 4.69) is 20.2 Å². The molecule has 0 aliphatic heterocycles. The van der Waals surface area contributed by atoms with Crippen molar-refractivity contribution in [2.75, 3.05) is 0 Å². The number of H-pyrrole nitrogens is 1. The van der Waals surface area contributed by atoms with E-state index < -0.39 is 0 Å². The highest BCUT2D eigenvalue weighted by atomic mass is 15.1. The molecule has 0 radical (unpaired) electrons. The first-order valence-electron chi connectivity index (χ1n) is 3.14. The molecular formula is C7H8N4. The lowest BCUT2D eigenvalue weighted by atomic mass is 10.7. The van der Waals surface area contributed by atoms with Gasteiger partial charge in [0, 0.05) is 24.8 Å². The Hall–Kier alpha value is -1.71. The summed E-state index contributed by atoms with van der Waals surface area (Å²) in [6.45, 7) is 0. The first-order chi connectivity index (χ1) is 5.50. The van der Waals surface area contributed by atoms with Gasteiger partial charge in [-0.05, 0) is 12.1 Å². The van der Waals surface area contributed by atoms with Gasteiger partial charge in [0.05, 0.1) is 0 Å². The van der Waals surface area contributed by atoms with E-state index in [1.807, 2.05) is 6.07 Å². The van der Waals surface area contributed by atoms with Gasteiger partial charge in [-0.3, -0.25) is 5.10 Å². The van der Waals surface area contributed by atoms with Crippen molar-refractivity contribution in [1.82, 2.24) is 20.2 Å². The lowest BCUT2D eigenvalue weighted by Crippen LogP contribution is -1.66. The monoisotopic (exact) mass is 148 g/mol. The van der Waals surface area contributed by atoms with E-state index in [-0.39, 0.29) is 0 Å². The van der Waals surface area contributed by atoms with Gasteiger partial charge in [-0.2, -0.15) is 5.10 Å². The lowest BCUT2D eigenvalue weighted by Gasteiger charge is -1.70. The Balaban J connectivity index is 0.000000112. The number of aromatic amines is 1. The van der Waals surface area contributed by atoms with Crippen LogP contribution in [0.25, 0.3) is 0 Å². The van der Waals surface area contributed by atoms with E-state index in [0.717, 1.165) is 0 Å². The van der Waals surface area contributed by atoms with Crippen molar-refractivity contribution < 1.29 is 0 Å². The molecule has 0 unspecified atom stereocenters. The fraction of sp³-hybridized carbons (Fsp3) is 0. The largest absolute Gasteiger partial charge is 0.286 e. The minimum atomic E-state index is 1.50. The van der Waals surface area contributed by atoms with E-state index in [0.29, 0.717) is 0 Å². The van der Waals surface area contributed by atoms with Crippen LogP contribution in [0.3, 0.4) is 0 Å². The summed E-state index contributed by atoms with van der Waals surface area (Å²) in [5, 5.41) is 6.21. The van der Waals surface area contributed by atoms with Gasteiger partial charge in [0.25, 0.3) is 0 Å². The van der Waals surface area contributed by atoms with Gasteiger partial charge < -0.3 is 0 Å². The number of nitrogens with zero attached hydrogens (tertiary/aromatic N) is 3. The molecule has 0 saturated heterocycles. The lowest BCUT2D eigenvalue weighted by molar-refractivity contribution is 1.09. The predicted molar refractivity (Wildman–Crippen MR) is 40.6 cm³/mol. The summed E-state index contributed by atoms with van der Waals surface area (Å²) < 4.78 is 0. The zero-order chi connectivity index (χ0) is 7.78. The van der Waals surface area contributed by atoms with E-state index in [4.69, 9.17) is 0 Å². The smallest absolute Gasteiger partial charge is 0.115 e. The summed E-state index contributed by atoms with van der Waals surface area (Å²) in [5.74, 6) is 0. The standard InChI is InChI=1S/C4H4N2.C3H4N2/c1-2-5-4-6-3-1;1-2-4-5-3-1/h1-4H;1-3H,(H,4,5). The predicted octanol–water partition coefficient (Wildman–Crippen LogP) is 0.886. The Morgan fingerprint density at radius 2 is 1.73 bits per heavy atom. The Bertz CT molecular complexity index is 196. The van der Waals surface area contributed by atoms with Crippen LogP contribution in [0.1, 0.15) is 0 Å². The molecule has 0 aromatic carbocycles. The second-order valence-electron chi connectivity index (χ2n) is 1.67. The Morgan fingerprint density at radius 3 is 1.91 bits per heavy atom. The maximum absolute atomic E-state index is 3.67. The molecule has 4 nitrogen and oxygen atoms in total. The van der Waals surface area contributed by atoms with Gasteiger partial charge in [0.1, 0.15) is 6.33 Å². The van der Waals surface area contributed by atoms with Crippen molar-refractivity contribution in [3.8, 4) is 0 Å². The molecule has 4 heteroatoms. The van der Waals surface area contributed by atoms with Gasteiger partial charge in [0.2, 0.25) is 0 Å². The normalized spacial score (nSPS) is 8.00. The summed E-state index contributed by atoms with van der Waals surface area (Å²) >= 11 is 0. The highest BCUT2D eigenvalue weighted by Crippen LogP contribution is 1.66. The average molecular weight is 148 g/mol. The molecule has 0 amide bonds. The minimum Gasteiger partial charge on any atom is -0.286 e. The molecular weight excluding hydrogens is 140 g/mol. The molecule has 2 rings (SSSR count). The van der Waals surface area contributed by atoms with E-state index in [1.54, 1.807) is 30.9 Å². The quantitative estimate of drug-likeness (QED) is 0.603. The molecule has 0 atom stereocenters. The fourth-order valence-electron chi connectivity index (χ4n) is 0.469. The van der Waals surface area contributed by atoms with Crippen molar-refractivity contribution in [2.24, 2.45) is 0 Å². The van der Waals surface area contributed by atoms with Gasteiger partial charge in [0.15, 0.2) is 0 Å². The summed E-state index contributed by atoms with van der Waals surface area (Å²) in [5.41, 5.74) is 0. The Morgan fingerprint density at radius 1 is 0.909 bits per heavy atom. The van der Waals surface area contributed by atoms with Crippen LogP contribution in [0.2, 0.25) is 0 Å². The van der Waals surface area contributed by atoms with Crippen molar-refractivity contribution in [3.63, 3.8) is 0 Å². The number of hydrogen-bond donors (Lipinski definition) is 1. The topological polar surface area (TPSA) is 54.5 Å². The van der Waals surface area contributed by atoms with E-state index >= 15 is 0 Å². The average Bonchev–Trinajstić information content (AvgIpc) is 2.64. The molecule has 0 fully saturated rings. The van der Waals surface area contributed by atoms with Crippen molar-refractivity contribution in [3.05, 3.63) is 43.2 Å². The molecule has 0 bridgehead atoms. The zero-order valence-electron chi connectivity index (χ0n) is 5.88. The summed E-state index contributed by atoms with van der Waals surface area (Å²) in [4.78, 5) is 7.35. The second-order valence-corrected chi connectivity index (χ2v) is 1.67. The molecule has 0 aliphatic carbocycles. The van der Waals surface area contributed by atoms with Crippen LogP contribution in [0.4, 0.5) is 0 Å². The first kappa shape index (κ1) is 7.40. The number of rotatable bonds is 0. The molecule has 2 aromatic rings. The fourth-order valence-corrected chi connectivity index (χ4v) is 0.469. The highest BCUT2D eigenvalue weighted by molar-refractivity contribution is 4.74. The van der Waals surface area contributed by atoms with Crippen molar-refractivity contribution >= 4 is 0 Å².